The number of nitrogens with one attached hydrogen (secondary N) is 2. The van der Waals surface area contributed by atoms with Crippen LogP contribution in [0.2, 0.25) is 0 Å². The molecule has 2 rings (SSSR count). The van der Waals surface area contributed by atoms with E-state index in [4.69, 9.17) is 0 Å². The minimum atomic E-state index is 0.0186. The van der Waals surface area contributed by atoms with Gasteiger partial charge in [-0.05, 0) is 37.9 Å². The molecule has 5 nitrogen and oxygen atoms in total. The molecule has 0 aliphatic carbocycles. The summed E-state index contributed by atoms with van der Waals surface area (Å²) in [5.41, 5.74) is 1.54. The van der Waals surface area contributed by atoms with Crippen LogP contribution in [0.25, 0.3) is 0 Å². The first-order chi connectivity index (χ1) is 8.59. The molecule has 0 bridgehead atoms. The van der Waals surface area contributed by atoms with Gasteiger partial charge in [0.25, 0.3) is 5.91 Å². The first-order valence-electron chi connectivity index (χ1n) is 6.62. The van der Waals surface area contributed by atoms with Crippen molar-refractivity contribution in [2.24, 2.45) is 0 Å². The Balaban J connectivity index is 2.04. The van der Waals surface area contributed by atoms with Crippen LogP contribution in [0.15, 0.2) is 6.07 Å². The van der Waals surface area contributed by atoms with Gasteiger partial charge in [-0.25, -0.2) is 0 Å². The van der Waals surface area contributed by atoms with Crippen molar-refractivity contribution in [3.05, 3.63) is 17.5 Å². The van der Waals surface area contributed by atoms with Crippen LogP contribution < -0.4 is 5.32 Å². The van der Waals surface area contributed by atoms with E-state index >= 15 is 0 Å². The lowest BCUT2D eigenvalue weighted by Crippen LogP contribution is -2.44. The molecular weight excluding hydrogens is 228 g/mol. The Kier molecular flexibility index (Phi) is 4.01. The molecule has 0 aromatic carbocycles. The molecule has 0 unspecified atom stereocenters. The third-order valence-corrected chi connectivity index (χ3v) is 3.62. The summed E-state index contributed by atoms with van der Waals surface area (Å²) in [4.78, 5) is 14.1. The van der Waals surface area contributed by atoms with Crippen molar-refractivity contribution in [1.29, 1.82) is 0 Å². The average Bonchev–Trinajstić information content (AvgIpc) is 2.88. The molecular formula is C13H22N4O. The second kappa shape index (κ2) is 5.52. The van der Waals surface area contributed by atoms with Crippen LogP contribution in [-0.4, -0.2) is 47.2 Å². The van der Waals surface area contributed by atoms with Gasteiger partial charge in [-0.2, -0.15) is 5.10 Å². The monoisotopic (exact) mass is 250 g/mol. The summed E-state index contributed by atoms with van der Waals surface area (Å²) >= 11 is 0. The van der Waals surface area contributed by atoms with Crippen LogP contribution in [-0.2, 0) is 0 Å². The Morgan fingerprint density at radius 2 is 2.11 bits per heavy atom. The third-order valence-electron chi connectivity index (χ3n) is 3.62. The normalized spacial score (nSPS) is 17.1. The van der Waals surface area contributed by atoms with Gasteiger partial charge in [0, 0.05) is 18.8 Å². The number of carbonyl (C=O) groups is 1. The molecule has 1 aromatic rings. The zero-order valence-corrected chi connectivity index (χ0v) is 11.4. The van der Waals surface area contributed by atoms with Crippen LogP contribution >= 0.6 is 0 Å². The fourth-order valence-electron chi connectivity index (χ4n) is 2.28. The Hall–Kier alpha value is -1.36. The first kappa shape index (κ1) is 13.1. The predicted octanol–water partition coefficient (Wildman–Crippen LogP) is 1.36. The summed E-state index contributed by atoms with van der Waals surface area (Å²) in [5, 5.41) is 10.4. The molecule has 1 aromatic heterocycles. The lowest BCUT2D eigenvalue weighted by atomic mass is 10.0. The molecule has 1 amide bonds. The van der Waals surface area contributed by atoms with Gasteiger partial charge in [-0.1, -0.05) is 13.8 Å². The average molecular weight is 250 g/mol. The van der Waals surface area contributed by atoms with Gasteiger partial charge in [0.05, 0.1) is 0 Å². The van der Waals surface area contributed by atoms with Gasteiger partial charge in [-0.3, -0.25) is 9.89 Å². The maximum Gasteiger partial charge on any atom is 0.274 e. The zero-order chi connectivity index (χ0) is 13.1. The number of aromatic nitrogens is 2. The summed E-state index contributed by atoms with van der Waals surface area (Å²) in [6.07, 6.45) is 2.04. The van der Waals surface area contributed by atoms with Crippen molar-refractivity contribution in [3.8, 4) is 0 Å². The molecule has 100 valence electrons. The van der Waals surface area contributed by atoms with Crippen LogP contribution in [0, 0.1) is 0 Å². The first-order valence-corrected chi connectivity index (χ1v) is 6.62. The van der Waals surface area contributed by atoms with Crippen molar-refractivity contribution in [2.45, 2.75) is 38.6 Å². The SMILES string of the molecule is CC(C)c1cc(C(=O)N(C)C2CCNCC2)n[nH]1. The largest absolute Gasteiger partial charge is 0.337 e. The van der Waals surface area contributed by atoms with Crippen molar-refractivity contribution in [1.82, 2.24) is 20.4 Å². The number of H-pyrrole nitrogens is 1. The molecule has 1 fully saturated rings. The van der Waals surface area contributed by atoms with Crippen molar-refractivity contribution in [2.75, 3.05) is 20.1 Å². The van der Waals surface area contributed by atoms with Crippen LogP contribution in [0.3, 0.4) is 0 Å². The number of amides is 1. The Labute approximate surface area is 108 Å². The number of rotatable bonds is 3. The van der Waals surface area contributed by atoms with Crippen LogP contribution in [0.5, 0.6) is 0 Å². The van der Waals surface area contributed by atoms with E-state index < -0.39 is 0 Å². The minimum absolute atomic E-state index is 0.0186. The van der Waals surface area contributed by atoms with Crippen LogP contribution in [0.1, 0.15) is 48.8 Å². The fraction of sp³-hybridized carbons (Fsp3) is 0.692. The van der Waals surface area contributed by atoms with Crippen molar-refractivity contribution in [3.63, 3.8) is 0 Å². The number of hydrogen-bond donors (Lipinski definition) is 2. The molecule has 0 spiro atoms. The van der Waals surface area contributed by atoms with Crippen molar-refractivity contribution < 1.29 is 4.79 Å². The van der Waals surface area contributed by atoms with Gasteiger partial charge < -0.3 is 10.2 Å². The highest BCUT2D eigenvalue weighted by Gasteiger charge is 2.24. The van der Waals surface area contributed by atoms with Crippen molar-refractivity contribution >= 4 is 5.91 Å². The molecule has 0 saturated carbocycles. The molecule has 1 aliphatic rings. The van der Waals surface area contributed by atoms with Gasteiger partial charge >= 0.3 is 0 Å². The highest BCUT2D eigenvalue weighted by atomic mass is 16.2. The topological polar surface area (TPSA) is 61.0 Å². The fourth-order valence-corrected chi connectivity index (χ4v) is 2.28. The number of carbonyl (C=O) groups excluding carboxylic acids is 1. The zero-order valence-electron chi connectivity index (χ0n) is 11.4. The number of piperidine rings is 1. The lowest BCUT2D eigenvalue weighted by Gasteiger charge is -2.31. The standard InChI is InChI=1S/C13H22N4O/c1-9(2)11-8-12(16-15-11)13(18)17(3)10-4-6-14-7-5-10/h8-10,14H,4-7H2,1-3H3,(H,15,16). The smallest absolute Gasteiger partial charge is 0.274 e. The summed E-state index contributed by atoms with van der Waals surface area (Å²) in [5.74, 6) is 0.383. The van der Waals surface area contributed by atoms with E-state index in [0.29, 0.717) is 17.7 Å². The second-order valence-corrected chi connectivity index (χ2v) is 5.26. The maximum absolute atomic E-state index is 12.3. The highest BCUT2D eigenvalue weighted by Crippen LogP contribution is 2.16. The Bertz CT molecular complexity index is 407. The molecule has 1 aliphatic heterocycles. The summed E-state index contributed by atoms with van der Waals surface area (Å²) < 4.78 is 0. The molecule has 0 radical (unpaired) electrons. The second-order valence-electron chi connectivity index (χ2n) is 5.26. The number of hydrogen-bond acceptors (Lipinski definition) is 3. The van der Waals surface area contributed by atoms with E-state index in [1.165, 1.54) is 0 Å². The molecule has 0 atom stereocenters. The van der Waals surface area contributed by atoms with Gasteiger partial charge in [-0.15, -0.1) is 0 Å². The lowest BCUT2D eigenvalue weighted by molar-refractivity contribution is 0.0697. The highest BCUT2D eigenvalue weighted by molar-refractivity contribution is 5.92. The van der Waals surface area contributed by atoms with E-state index in [9.17, 15) is 4.79 Å². The van der Waals surface area contributed by atoms with E-state index in [2.05, 4.69) is 29.4 Å². The molecule has 18 heavy (non-hydrogen) atoms. The van der Waals surface area contributed by atoms with Gasteiger partial charge in [0.2, 0.25) is 0 Å². The third kappa shape index (κ3) is 2.72. The predicted molar refractivity (Wildman–Crippen MR) is 70.7 cm³/mol. The van der Waals surface area contributed by atoms with E-state index in [1.807, 2.05) is 18.0 Å². The van der Waals surface area contributed by atoms with Crippen LogP contribution in [0.4, 0.5) is 0 Å². The van der Waals surface area contributed by atoms with Gasteiger partial charge in [0.15, 0.2) is 0 Å². The van der Waals surface area contributed by atoms with E-state index in [1.54, 1.807) is 0 Å². The summed E-state index contributed by atoms with van der Waals surface area (Å²) in [6.45, 7) is 6.14. The summed E-state index contributed by atoms with van der Waals surface area (Å²) in [6, 6.07) is 2.20. The minimum Gasteiger partial charge on any atom is -0.337 e. The summed E-state index contributed by atoms with van der Waals surface area (Å²) in [7, 11) is 1.88. The molecule has 2 N–H and O–H groups in total. The number of aromatic amines is 1. The molecule has 5 heteroatoms. The quantitative estimate of drug-likeness (QED) is 0.851. The van der Waals surface area contributed by atoms with Gasteiger partial charge in [0.1, 0.15) is 5.69 Å². The number of nitrogens with zero attached hydrogens (tertiary/aromatic N) is 2. The maximum atomic E-state index is 12.3. The van der Waals surface area contributed by atoms with E-state index in [0.717, 1.165) is 31.6 Å². The Morgan fingerprint density at radius 1 is 1.44 bits per heavy atom. The molecule has 2 heterocycles. The molecule has 1 saturated heterocycles. The van der Waals surface area contributed by atoms with E-state index in [-0.39, 0.29) is 5.91 Å². The Morgan fingerprint density at radius 3 is 2.67 bits per heavy atom.